The minimum Gasteiger partial charge on any atom is -0.516 e. The Balaban J connectivity index is 1.96. The predicted molar refractivity (Wildman–Crippen MR) is 216 cm³/mol. The Morgan fingerprint density at radius 1 is 0.620 bits per heavy atom. The van der Waals surface area contributed by atoms with Crippen molar-refractivity contribution >= 4 is 20.2 Å². The van der Waals surface area contributed by atoms with Crippen molar-refractivity contribution in [3.63, 3.8) is 0 Å². The third-order valence-corrected chi connectivity index (χ3v) is 17.1. The van der Waals surface area contributed by atoms with E-state index in [-0.39, 0.29) is 22.0 Å². The fourth-order valence-electron chi connectivity index (χ4n) is 7.68. The first-order chi connectivity index (χ1) is 23.8. The van der Waals surface area contributed by atoms with Crippen LogP contribution >= 0.6 is 0 Å². The Morgan fingerprint density at radius 3 is 1.40 bits per heavy atom. The fraction of sp³-hybridized carbons (Fsp3) is 0.682. The number of rotatable bonds is 25. The molecule has 0 aromatic heterocycles. The summed E-state index contributed by atoms with van der Waals surface area (Å²) >= 11 is 0. The van der Waals surface area contributed by atoms with Crippen LogP contribution in [0.4, 0.5) is 0 Å². The highest BCUT2D eigenvalue weighted by atomic mass is 28.4. The van der Waals surface area contributed by atoms with Gasteiger partial charge in [0, 0.05) is 6.42 Å². The molecule has 0 bridgehead atoms. The van der Waals surface area contributed by atoms with E-state index in [0.29, 0.717) is 12.8 Å². The molecule has 0 spiro atoms. The molecule has 1 amide bonds. The first kappa shape index (κ1) is 43.7. The molecule has 2 rings (SSSR count). The molecule has 2 aromatic carbocycles. The van der Waals surface area contributed by atoms with Gasteiger partial charge in [-0.2, -0.15) is 0 Å². The van der Waals surface area contributed by atoms with E-state index in [1.165, 1.54) is 89.9 Å². The molecule has 6 heteroatoms. The number of carbonyl (C=O) groups is 2. The molecule has 0 saturated heterocycles. The van der Waals surface area contributed by atoms with Crippen molar-refractivity contribution in [1.82, 2.24) is 5.32 Å². The van der Waals surface area contributed by atoms with Crippen LogP contribution in [0.2, 0.25) is 16.1 Å². The molecule has 0 fully saturated rings. The number of nitrogens with two attached hydrogens (primary N) is 1. The minimum absolute atomic E-state index is 0.179. The second-order valence-electron chi connectivity index (χ2n) is 16.8. The number of benzene rings is 2. The van der Waals surface area contributed by atoms with Crippen molar-refractivity contribution < 1.29 is 14.0 Å². The van der Waals surface area contributed by atoms with Crippen LogP contribution in [0.15, 0.2) is 60.7 Å². The van der Waals surface area contributed by atoms with E-state index in [4.69, 9.17) is 10.2 Å². The largest absolute Gasteiger partial charge is 0.516 e. The molecule has 2 aromatic rings. The molecular formula is C44H74N2O3Si. The zero-order chi connectivity index (χ0) is 36.9. The van der Waals surface area contributed by atoms with Crippen LogP contribution < -0.4 is 11.1 Å². The standard InChI is InChI=1S/C44H74N2O3Si/c1-8-9-10-11-12-13-14-15-16-17-18-19-20-21-22-29-34-50(43(2,3)4,44(5,6)7)49-42(48)40(36-38-32-27-24-28-33-38)46-41(47)39(45)35-37-30-25-23-26-31-37/h23-28,30-33,39-40H,8-22,29,34-36,45H2,1-7H3,(H,46,47)/t39-,40-/m0/s1. The quantitative estimate of drug-likeness (QED) is 0.0795. The van der Waals surface area contributed by atoms with Crippen molar-refractivity contribution in [3.8, 4) is 0 Å². The van der Waals surface area contributed by atoms with E-state index >= 15 is 0 Å². The van der Waals surface area contributed by atoms with Gasteiger partial charge >= 0.3 is 5.97 Å². The molecule has 50 heavy (non-hydrogen) atoms. The van der Waals surface area contributed by atoms with Gasteiger partial charge < -0.3 is 15.5 Å². The molecule has 0 unspecified atom stereocenters. The normalized spacial score (nSPS) is 13.5. The Bertz CT molecular complexity index is 1180. The summed E-state index contributed by atoms with van der Waals surface area (Å²) in [5.41, 5.74) is 8.34. The highest BCUT2D eigenvalue weighted by molar-refractivity contribution is 6.80. The lowest BCUT2D eigenvalue weighted by atomic mass is 10.0. The van der Waals surface area contributed by atoms with Crippen LogP contribution in [-0.2, 0) is 26.9 Å². The SMILES string of the molecule is CCCCCCCCCCCCCCCCCC[Si](OC(=O)[C@H](Cc1ccccc1)NC(=O)[C@@H](N)Cc1ccccc1)(C(C)(C)C)C(C)(C)C. The van der Waals surface area contributed by atoms with Crippen LogP contribution in [0, 0.1) is 0 Å². The lowest BCUT2D eigenvalue weighted by Crippen LogP contribution is -2.59. The van der Waals surface area contributed by atoms with Gasteiger partial charge in [0.15, 0.2) is 0 Å². The zero-order valence-electron chi connectivity index (χ0n) is 33.2. The lowest BCUT2D eigenvalue weighted by molar-refractivity contribution is -0.141. The maximum absolute atomic E-state index is 14.3. The highest BCUT2D eigenvalue weighted by Gasteiger charge is 2.57. The summed E-state index contributed by atoms with van der Waals surface area (Å²) in [4.78, 5) is 27.7. The first-order valence-electron chi connectivity index (χ1n) is 20.2. The Morgan fingerprint density at radius 2 is 1.00 bits per heavy atom. The monoisotopic (exact) mass is 707 g/mol. The number of nitrogens with one attached hydrogen (secondary N) is 1. The smallest absolute Gasteiger partial charge is 0.315 e. The van der Waals surface area contributed by atoms with Crippen molar-refractivity contribution in [1.29, 1.82) is 0 Å². The molecule has 2 atom stereocenters. The lowest BCUT2D eigenvalue weighted by Gasteiger charge is -2.50. The van der Waals surface area contributed by atoms with Crippen molar-refractivity contribution in [2.45, 2.75) is 192 Å². The Kier molecular flexibility index (Phi) is 20.3. The number of hydrogen-bond acceptors (Lipinski definition) is 4. The molecular weight excluding hydrogens is 633 g/mol. The molecule has 5 nitrogen and oxygen atoms in total. The summed E-state index contributed by atoms with van der Waals surface area (Å²) in [7, 11) is -2.72. The van der Waals surface area contributed by atoms with Gasteiger partial charge in [0.2, 0.25) is 5.91 Å². The second kappa shape index (κ2) is 23.2. The number of amides is 1. The molecule has 3 N–H and O–H groups in total. The third kappa shape index (κ3) is 15.8. The average molecular weight is 707 g/mol. The fourth-order valence-corrected chi connectivity index (χ4v) is 13.4. The van der Waals surface area contributed by atoms with Gasteiger partial charge in [-0.05, 0) is 33.7 Å². The first-order valence-corrected chi connectivity index (χ1v) is 22.3. The zero-order valence-corrected chi connectivity index (χ0v) is 34.2. The molecule has 0 heterocycles. The van der Waals surface area contributed by atoms with Crippen LogP contribution in [0.1, 0.15) is 162 Å². The second-order valence-corrected chi connectivity index (χ2v) is 22.2. The van der Waals surface area contributed by atoms with E-state index in [1.54, 1.807) is 0 Å². The van der Waals surface area contributed by atoms with Crippen molar-refractivity contribution in [2.75, 3.05) is 0 Å². The maximum Gasteiger partial charge on any atom is 0.315 e. The summed E-state index contributed by atoms with van der Waals surface area (Å²) in [5, 5.41) is 2.66. The van der Waals surface area contributed by atoms with E-state index < -0.39 is 20.4 Å². The molecule has 282 valence electrons. The van der Waals surface area contributed by atoms with Gasteiger partial charge in [0.1, 0.15) is 6.04 Å². The summed E-state index contributed by atoms with van der Waals surface area (Å²) in [6.07, 6.45) is 22.1. The van der Waals surface area contributed by atoms with Crippen LogP contribution in [0.3, 0.4) is 0 Å². The van der Waals surface area contributed by atoms with Gasteiger partial charge in [-0.1, -0.05) is 212 Å². The maximum atomic E-state index is 14.3. The van der Waals surface area contributed by atoms with E-state index in [9.17, 15) is 9.59 Å². The van der Waals surface area contributed by atoms with Gasteiger partial charge in [-0.15, -0.1) is 0 Å². The summed E-state index contributed by atoms with van der Waals surface area (Å²) in [5.74, 6) is -0.662. The van der Waals surface area contributed by atoms with E-state index in [2.05, 4.69) is 53.8 Å². The van der Waals surface area contributed by atoms with Crippen LogP contribution in [0.5, 0.6) is 0 Å². The molecule has 0 aliphatic heterocycles. The highest BCUT2D eigenvalue weighted by Crippen LogP contribution is 2.54. The predicted octanol–water partition coefficient (Wildman–Crippen LogP) is 11.6. The summed E-state index contributed by atoms with van der Waals surface area (Å²) < 4.78 is 6.87. The van der Waals surface area contributed by atoms with E-state index in [0.717, 1.165) is 30.0 Å². The number of carbonyl (C=O) groups excluding carboxylic acids is 2. The van der Waals surface area contributed by atoms with Gasteiger partial charge in [-0.25, -0.2) is 0 Å². The van der Waals surface area contributed by atoms with Crippen LogP contribution in [-0.4, -0.2) is 32.3 Å². The summed E-state index contributed by atoms with van der Waals surface area (Å²) in [6.45, 7) is 15.7. The van der Waals surface area contributed by atoms with Crippen molar-refractivity contribution in [2.24, 2.45) is 5.73 Å². The van der Waals surface area contributed by atoms with Gasteiger partial charge in [0.05, 0.1) is 6.04 Å². The Hall–Kier alpha value is -2.44. The minimum atomic E-state index is -2.72. The van der Waals surface area contributed by atoms with Gasteiger partial charge in [-0.3, -0.25) is 9.59 Å². The molecule has 0 aliphatic carbocycles. The molecule has 0 aliphatic rings. The topological polar surface area (TPSA) is 81.4 Å². The van der Waals surface area contributed by atoms with Crippen molar-refractivity contribution in [3.05, 3.63) is 71.8 Å². The molecule has 0 radical (unpaired) electrons. The van der Waals surface area contributed by atoms with Gasteiger partial charge in [0.25, 0.3) is 8.32 Å². The summed E-state index contributed by atoms with van der Waals surface area (Å²) in [6, 6.07) is 19.0. The van der Waals surface area contributed by atoms with E-state index in [1.807, 2.05) is 60.7 Å². The molecule has 0 saturated carbocycles. The number of unbranched alkanes of at least 4 members (excludes halogenated alkanes) is 15. The number of hydrogen-bond donors (Lipinski definition) is 2. The van der Waals surface area contributed by atoms with Crippen LogP contribution in [0.25, 0.3) is 0 Å². The third-order valence-electron chi connectivity index (χ3n) is 10.6. The average Bonchev–Trinajstić information content (AvgIpc) is 3.07. The Labute approximate surface area is 308 Å².